The van der Waals surface area contributed by atoms with E-state index >= 15 is 0 Å². The third-order valence-electron chi connectivity index (χ3n) is 4.49. The van der Waals surface area contributed by atoms with Crippen LogP contribution in [0.15, 0.2) is 24.3 Å². The molecule has 1 atom stereocenters. The quantitative estimate of drug-likeness (QED) is 0.930. The predicted octanol–water partition coefficient (Wildman–Crippen LogP) is 2.56. The van der Waals surface area contributed by atoms with Crippen LogP contribution in [-0.4, -0.2) is 21.3 Å². The van der Waals surface area contributed by atoms with Gasteiger partial charge in [-0.15, -0.1) is 10.2 Å². The first kappa shape index (κ1) is 12.1. The average Bonchev–Trinajstić information content (AvgIpc) is 3.26. The van der Waals surface area contributed by atoms with Gasteiger partial charge in [-0.2, -0.15) is 0 Å². The summed E-state index contributed by atoms with van der Waals surface area (Å²) in [5.74, 6) is 2.96. The van der Waals surface area contributed by atoms with Crippen molar-refractivity contribution in [2.24, 2.45) is 5.92 Å². The first-order chi connectivity index (χ1) is 9.88. The Kier molecular flexibility index (Phi) is 2.84. The summed E-state index contributed by atoms with van der Waals surface area (Å²) in [6.07, 6.45) is 3.68. The van der Waals surface area contributed by atoms with Crippen LogP contribution in [0.1, 0.15) is 37.2 Å². The lowest BCUT2D eigenvalue weighted by Gasteiger charge is -2.25. The Balaban J connectivity index is 1.80. The molecule has 1 fully saturated rings. The van der Waals surface area contributed by atoms with E-state index in [1.165, 1.54) is 24.0 Å². The second-order valence-corrected chi connectivity index (χ2v) is 5.81. The molecule has 0 spiro atoms. The molecule has 0 bridgehead atoms. The summed E-state index contributed by atoms with van der Waals surface area (Å²) in [7, 11) is 0. The van der Waals surface area contributed by atoms with Gasteiger partial charge in [0, 0.05) is 18.7 Å². The van der Waals surface area contributed by atoms with E-state index in [-0.39, 0.29) is 0 Å². The van der Waals surface area contributed by atoms with Crippen molar-refractivity contribution in [3.63, 3.8) is 0 Å². The van der Waals surface area contributed by atoms with Crippen molar-refractivity contribution in [1.29, 1.82) is 0 Å². The van der Waals surface area contributed by atoms with E-state index in [1.54, 1.807) is 0 Å². The van der Waals surface area contributed by atoms with Crippen LogP contribution in [0.3, 0.4) is 0 Å². The van der Waals surface area contributed by atoms with Crippen molar-refractivity contribution in [2.75, 3.05) is 6.54 Å². The van der Waals surface area contributed by atoms with Gasteiger partial charge >= 0.3 is 0 Å². The molecule has 4 heteroatoms. The third-order valence-corrected chi connectivity index (χ3v) is 4.49. The highest BCUT2D eigenvalue weighted by Crippen LogP contribution is 2.42. The van der Waals surface area contributed by atoms with Crippen LogP contribution in [0.2, 0.25) is 0 Å². The highest BCUT2D eigenvalue weighted by Gasteiger charge is 2.37. The molecule has 2 aromatic rings. The number of fused-ring (bicyclic) bond motifs is 1. The van der Waals surface area contributed by atoms with Crippen LogP contribution >= 0.6 is 0 Å². The number of aromatic nitrogens is 3. The zero-order valence-electron chi connectivity index (χ0n) is 11.8. The van der Waals surface area contributed by atoms with Crippen LogP contribution in [0.25, 0.3) is 11.4 Å². The Labute approximate surface area is 119 Å². The number of hydrogen-bond acceptors (Lipinski definition) is 3. The smallest absolute Gasteiger partial charge is 0.164 e. The van der Waals surface area contributed by atoms with E-state index < -0.39 is 0 Å². The van der Waals surface area contributed by atoms with Crippen LogP contribution in [-0.2, 0) is 13.0 Å². The van der Waals surface area contributed by atoms with E-state index in [4.69, 9.17) is 0 Å². The van der Waals surface area contributed by atoms with Gasteiger partial charge in [-0.1, -0.05) is 31.2 Å². The summed E-state index contributed by atoms with van der Waals surface area (Å²) < 4.78 is 2.33. The van der Waals surface area contributed by atoms with Gasteiger partial charge in [0.1, 0.15) is 0 Å². The fourth-order valence-corrected chi connectivity index (χ4v) is 3.24. The van der Waals surface area contributed by atoms with Crippen LogP contribution in [0.5, 0.6) is 0 Å². The zero-order chi connectivity index (χ0) is 13.5. The topological polar surface area (TPSA) is 42.7 Å². The van der Waals surface area contributed by atoms with Gasteiger partial charge in [-0.3, -0.25) is 0 Å². The molecule has 2 aliphatic rings. The maximum absolute atomic E-state index is 4.51. The van der Waals surface area contributed by atoms with Gasteiger partial charge in [0.05, 0.1) is 6.04 Å². The first-order valence-electron chi connectivity index (χ1n) is 7.63. The summed E-state index contributed by atoms with van der Waals surface area (Å²) in [6, 6.07) is 8.97. The maximum atomic E-state index is 4.51. The molecular weight excluding hydrogens is 248 g/mol. The minimum atomic E-state index is 0.416. The third kappa shape index (κ3) is 1.86. The molecule has 104 valence electrons. The molecule has 0 amide bonds. The minimum Gasteiger partial charge on any atom is -0.308 e. The number of benzene rings is 1. The van der Waals surface area contributed by atoms with E-state index in [0.717, 1.165) is 37.1 Å². The fourth-order valence-electron chi connectivity index (χ4n) is 3.24. The Bertz CT molecular complexity index is 627. The maximum Gasteiger partial charge on any atom is 0.164 e. The normalized spacial score (nSPS) is 21.8. The number of aryl methyl sites for hydroxylation is 1. The fraction of sp³-hybridized carbons (Fsp3) is 0.500. The summed E-state index contributed by atoms with van der Waals surface area (Å²) >= 11 is 0. The summed E-state index contributed by atoms with van der Waals surface area (Å²) in [6.45, 7) is 4.19. The largest absolute Gasteiger partial charge is 0.308 e. The lowest BCUT2D eigenvalue weighted by atomic mass is 10.0. The highest BCUT2D eigenvalue weighted by atomic mass is 15.3. The molecule has 1 N–H and O–H groups in total. The number of nitrogens with zero attached hydrogens (tertiary/aromatic N) is 3. The summed E-state index contributed by atoms with van der Waals surface area (Å²) in [4.78, 5) is 0. The van der Waals surface area contributed by atoms with Gasteiger partial charge < -0.3 is 9.88 Å². The Morgan fingerprint density at radius 3 is 2.90 bits per heavy atom. The van der Waals surface area contributed by atoms with Crippen molar-refractivity contribution in [2.45, 2.75) is 38.8 Å². The van der Waals surface area contributed by atoms with Gasteiger partial charge in [-0.05, 0) is 30.7 Å². The Hall–Kier alpha value is -1.68. The van der Waals surface area contributed by atoms with Crippen LogP contribution < -0.4 is 5.32 Å². The SMILES string of the molecule is CCc1ccccc1-c1nnc2n1CCNC2C1CC1. The van der Waals surface area contributed by atoms with E-state index in [9.17, 15) is 0 Å². The second kappa shape index (κ2) is 4.70. The molecule has 1 aliphatic carbocycles. The Morgan fingerprint density at radius 1 is 1.25 bits per heavy atom. The van der Waals surface area contributed by atoms with Crippen LogP contribution in [0.4, 0.5) is 0 Å². The van der Waals surface area contributed by atoms with Gasteiger partial charge in [0.15, 0.2) is 11.6 Å². The minimum absolute atomic E-state index is 0.416. The molecule has 1 aliphatic heterocycles. The molecule has 4 nitrogen and oxygen atoms in total. The highest BCUT2D eigenvalue weighted by molar-refractivity contribution is 5.60. The van der Waals surface area contributed by atoms with Gasteiger partial charge in [0.25, 0.3) is 0 Å². The molecule has 2 heterocycles. The van der Waals surface area contributed by atoms with Crippen molar-refractivity contribution in [3.05, 3.63) is 35.7 Å². The average molecular weight is 268 g/mol. The van der Waals surface area contributed by atoms with Gasteiger partial charge in [-0.25, -0.2) is 0 Å². The Morgan fingerprint density at radius 2 is 2.10 bits per heavy atom. The standard InChI is InChI=1S/C16H20N4/c1-2-11-5-3-4-6-13(11)15-18-19-16-14(12-7-8-12)17-9-10-20(15)16/h3-6,12,14,17H,2,7-10H2,1H3. The molecule has 1 aromatic heterocycles. The number of hydrogen-bond donors (Lipinski definition) is 1. The lowest BCUT2D eigenvalue weighted by Crippen LogP contribution is -2.35. The molecule has 0 saturated heterocycles. The van der Waals surface area contributed by atoms with E-state index in [1.807, 2.05) is 0 Å². The van der Waals surface area contributed by atoms with Crippen molar-refractivity contribution >= 4 is 0 Å². The second-order valence-electron chi connectivity index (χ2n) is 5.81. The van der Waals surface area contributed by atoms with Crippen molar-refractivity contribution in [1.82, 2.24) is 20.1 Å². The van der Waals surface area contributed by atoms with Crippen molar-refractivity contribution < 1.29 is 0 Å². The molecule has 1 unspecified atom stereocenters. The lowest BCUT2D eigenvalue weighted by molar-refractivity contribution is 0.383. The van der Waals surface area contributed by atoms with Gasteiger partial charge in [0.2, 0.25) is 0 Å². The summed E-state index contributed by atoms with van der Waals surface area (Å²) in [5.41, 5.74) is 2.59. The summed E-state index contributed by atoms with van der Waals surface area (Å²) in [5, 5.41) is 12.6. The number of rotatable bonds is 3. The van der Waals surface area contributed by atoms with E-state index in [2.05, 4.69) is 51.3 Å². The van der Waals surface area contributed by atoms with Crippen LogP contribution in [0, 0.1) is 5.92 Å². The molecule has 4 rings (SSSR count). The molecule has 1 saturated carbocycles. The molecule has 1 aromatic carbocycles. The van der Waals surface area contributed by atoms with E-state index in [0.29, 0.717) is 6.04 Å². The zero-order valence-corrected chi connectivity index (χ0v) is 11.8. The molecule has 20 heavy (non-hydrogen) atoms. The monoisotopic (exact) mass is 268 g/mol. The predicted molar refractivity (Wildman–Crippen MR) is 78.3 cm³/mol. The molecule has 0 radical (unpaired) electrons. The first-order valence-corrected chi connectivity index (χ1v) is 7.63. The molecular formula is C16H20N4. The van der Waals surface area contributed by atoms with Crippen molar-refractivity contribution in [3.8, 4) is 11.4 Å². The number of nitrogens with one attached hydrogen (secondary N) is 1.